The lowest BCUT2D eigenvalue weighted by Gasteiger charge is -2.05. The quantitative estimate of drug-likeness (QED) is 0.556. The average Bonchev–Trinajstić information content (AvgIpc) is 2.54. The Bertz CT molecular complexity index is 650. The van der Waals surface area contributed by atoms with Crippen LogP contribution < -0.4 is 10.1 Å². The van der Waals surface area contributed by atoms with Crippen LogP contribution in [0.1, 0.15) is 18.9 Å². The number of halogens is 1. The molecule has 2 aromatic rings. The monoisotopic (exact) mass is 407 g/mol. The van der Waals surface area contributed by atoms with Gasteiger partial charge < -0.3 is 10.1 Å². The van der Waals surface area contributed by atoms with Gasteiger partial charge in [-0.3, -0.25) is 4.79 Å². The van der Waals surface area contributed by atoms with Crippen molar-refractivity contribution in [3.05, 3.63) is 63.7 Å². The summed E-state index contributed by atoms with van der Waals surface area (Å²) in [6.07, 6.45) is 4.31. The Morgan fingerprint density at radius 1 is 1.18 bits per heavy atom. The highest BCUT2D eigenvalue weighted by Crippen LogP contribution is 2.17. The lowest BCUT2D eigenvalue weighted by Crippen LogP contribution is -2.08. The maximum Gasteiger partial charge on any atom is 0.248 e. The molecule has 1 N–H and O–H groups in total. The molecule has 0 fully saturated rings. The number of amides is 1. The van der Waals surface area contributed by atoms with Gasteiger partial charge in [0.1, 0.15) is 5.75 Å². The van der Waals surface area contributed by atoms with Crippen molar-refractivity contribution >= 4 is 40.3 Å². The van der Waals surface area contributed by atoms with E-state index in [1.165, 1.54) is 6.08 Å². The summed E-state index contributed by atoms with van der Waals surface area (Å²) in [5.74, 6) is 0.706. The van der Waals surface area contributed by atoms with Gasteiger partial charge in [0.05, 0.1) is 12.3 Å². The summed E-state index contributed by atoms with van der Waals surface area (Å²) in [7, 11) is 0. The standard InChI is InChI=1S/C18H18INO2/c1-2-13-22-15-10-7-14(8-11-15)9-12-18(21)20-17-6-4-3-5-16(17)19/h3-12H,2,13H2,1H3,(H,20,21)/b12-9+. The minimum Gasteiger partial charge on any atom is -0.494 e. The predicted molar refractivity (Wildman–Crippen MR) is 99.1 cm³/mol. The second kappa shape index (κ2) is 8.58. The summed E-state index contributed by atoms with van der Waals surface area (Å²) in [4.78, 5) is 11.9. The first-order valence-electron chi connectivity index (χ1n) is 7.15. The molecule has 0 aromatic heterocycles. The molecule has 0 aliphatic rings. The number of carbonyl (C=O) groups is 1. The van der Waals surface area contributed by atoms with Crippen LogP contribution in [0.3, 0.4) is 0 Å². The van der Waals surface area contributed by atoms with Gasteiger partial charge in [0, 0.05) is 9.65 Å². The van der Waals surface area contributed by atoms with Gasteiger partial charge in [0.15, 0.2) is 0 Å². The average molecular weight is 407 g/mol. The Kier molecular flexibility index (Phi) is 6.45. The number of hydrogen-bond acceptors (Lipinski definition) is 2. The number of para-hydroxylation sites is 1. The summed E-state index contributed by atoms with van der Waals surface area (Å²) >= 11 is 2.20. The van der Waals surface area contributed by atoms with E-state index in [0.29, 0.717) is 6.61 Å². The highest BCUT2D eigenvalue weighted by atomic mass is 127. The van der Waals surface area contributed by atoms with E-state index < -0.39 is 0 Å². The van der Waals surface area contributed by atoms with Gasteiger partial charge in [-0.15, -0.1) is 0 Å². The van der Waals surface area contributed by atoms with Crippen molar-refractivity contribution in [1.82, 2.24) is 0 Å². The number of rotatable bonds is 6. The summed E-state index contributed by atoms with van der Waals surface area (Å²) in [5.41, 5.74) is 1.78. The van der Waals surface area contributed by atoms with E-state index in [9.17, 15) is 4.79 Å². The Morgan fingerprint density at radius 2 is 1.91 bits per heavy atom. The maximum atomic E-state index is 11.9. The molecule has 4 heteroatoms. The van der Waals surface area contributed by atoms with E-state index >= 15 is 0 Å². The first-order valence-corrected chi connectivity index (χ1v) is 8.23. The molecule has 3 nitrogen and oxygen atoms in total. The Morgan fingerprint density at radius 3 is 2.59 bits per heavy atom. The molecule has 22 heavy (non-hydrogen) atoms. The fourth-order valence-electron chi connectivity index (χ4n) is 1.80. The fourth-order valence-corrected chi connectivity index (χ4v) is 2.33. The molecule has 0 aliphatic carbocycles. The number of ether oxygens (including phenoxy) is 1. The van der Waals surface area contributed by atoms with E-state index in [2.05, 4.69) is 34.8 Å². The van der Waals surface area contributed by atoms with Gasteiger partial charge >= 0.3 is 0 Å². The van der Waals surface area contributed by atoms with Gasteiger partial charge in [0.25, 0.3) is 0 Å². The number of benzene rings is 2. The normalized spacial score (nSPS) is 10.6. The SMILES string of the molecule is CCCOc1ccc(/C=C/C(=O)Nc2ccccc2I)cc1. The number of nitrogens with one attached hydrogen (secondary N) is 1. The zero-order chi connectivity index (χ0) is 15.8. The molecule has 0 aliphatic heterocycles. The van der Waals surface area contributed by atoms with Gasteiger partial charge in [0.2, 0.25) is 5.91 Å². The van der Waals surface area contributed by atoms with Crippen LogP contribution in [-0.2, 0) is 4.79 Å². The zero-order valence-corrected chi connectivity index (χ0v) is 14.5. The first kappa shape index (κ1) is 16.5. The Balaban J connectivity index is 1.93. The molecule has 0 saturated carbocycles. The third-order valence-corrected chi connectivity index (χ3v) is 3.85. The molecule has 2 aromatic carbocycles. The van der Waals surface area contributed by atoms with Crippen LogP contribution in [0, 0.1) is 3.57 Å². The molecule has 0 unspecified atom stereocenters. The lowest BCUT2D eigenvalue weighted by molar-refractivity contribution is -0.111. The van der Waals surface area contributed by atoms with Crippen molar-refractivity contribution < 1.29 is 9.53 Å². The molecule has 0 bridgehead atoms. The minimum atomic E-state index is -0.143. The molecule has 0 radical (unpaired) electrons. The molecular formula is C18H18INO2. The maximum absolute atomic E-state index is 11.9. The fraction of sp³-hybridized carbons (Fsp3) is 0.167. The molecule has 2 rings (SSSR count). The van der Waals surface area contributed by atoms with Crippen molar-refractivity contribution in [1.29, 1.82) is 0 Å². The third kappa shape index (κ3) is 5.18. The number of anilines is 1. The van der Waals surface area contributed by atoms with Crippen LogP contribution in [-0.4, -0.2) is 12.5 Å². The van der Waals surface area contributed by atoms with Crippen LogP contribution in [0.4, 0.5) is 5.69 Å². The largest absolute Gasteiger partial charge is 0.494 e. The Hall–Kier alpha value is -1.82. The van der Waals surface area contributed by atoms with Crippen LogP contribution >= 0.6 is 22.6 Å². The topological polar surface area (TPSA) is 38.3 Å². The molecule has 0 heterocycles. The first-order chi connectivity index (χ1) is 10.7. The van der Waals surface area contributed by atoms with Crippen molar-refractivity contribution in [2.75, 3.05) is 11.9 Å². The lowest BCUT2D eigenvalue weighted by atomic mass is 10.2. The van der Waals surface area contributed by atoms with Gasteiger partial charge in [-0.1, -0.05) is 31.2 Å². The minimum absolute atomic E-state index is 0.143. The number of carbonyl (C=O) groups excluding carboxylic acids is 1. The van der Waals surface area contributed by atoms with E-state index in [4.69, 9.17) is 4.74 Å². The van der Waals surface area contributed by atoms with Crippen LogP contribution in [0.15, 0.2) is 54.6 Å². The smallest absolute Gasteiger partial charge is 0.248 e. The van der Waals surface area contributed by atoms with Crippen molar-refractivity contribution in [3.63, 3.8) is 0 Å². The third-order valence-electron chi connectivity index (χ3n) is 2.91. The van der Waals surface area contributed by atoms with Gasteiger partial charge in [-0.05, 0) is 64.9 Å². The number of hydrogen-bond donors (Lipinski definition) is 1. The summed E-state index contributed by atoms with van der Waals surface area (Å²) in [6.45, 7) is 2.79. The van der Waals surface area contributed by atoms with E-state index in [-0.39, 0.29) is 5.91 Å². The highest BCUT2D eigenvalue weighted by molar-refractivity contribution is 14.1. The molecule has 0 saturated heterocycles. The summed E-state index contributed by atoms with van der Waals surface area (Å²) < 4.78 is 6.54. The van der Waals surface area contributed by atoms with Gasteiger partial charge in [-0.2, -0.15) is 0 Å². The Labute approximate surface area is 144 Å². The second-order valence-corrected chi connectivity index (χ2v) is 5.88. The van der Waals surface area contributed by atoms with Crippen LogP contribution in [0.2, 0.25) is 0 Å². The molecule has 0 atom stereocenters. The predicted octanol–water partition coefficient (Wildman–Crippen LogP) is 4.73. The highest BCUT2D eigenvalue weighted by Gasteiger charge is 2.01. The zero-order valence-electron chi connectivity index (χ0n) is 12.4. The summed E-state index contributed by atoms with van der Waals surface area (Å²) in [5, 5.41) is 2.86. The molecule has 114 valence electrons. The van der Waals surface area contributed by atoms with E-state index in [1.54, 1.807) is 6.08 Å². The second-order valence-electron chi connectivity index (χ2n) is 4.72. The van der Waals surface area contributed by atoms with E-state index in [1.807, 2.05) is 48.5 Å². The molecule has 0 spiro atoms. The molecular weight excluding hydrogens is 389 g/mol. The van der Waals surface area contributed by atoms with Crippen molar-refractivity contribution in [2.45, 2.75) is 13.3 Å². The van der Waals surface area contributed by atoms with Crippen LogP contribution in [0.25, 0.3) is 6.08 Å². The summed E-state index contributed by atoms with van der Waals surface area (Å²) in [6, 6.07) is 15.4. The van der Waals surface area contributed by atoms with Crippen molar-refractivity contribution in [2.24, 2.45) is 0 Å². The molecule has 1 amide bonds. The van der Waals surface area contributed by atoms with Crippen LogP contribution in [0.5, 0.6) is 5.75 Å². The van der Waals surface area contributed by atoms with Gasteiger partial charge in [-0.25, -0.2) is 0 Å². The van der Waals surface area contributed by atoms with E-state index in [0.717, 1.165) is 27.0 Å². The van der Waals surface area contributed by atoms with Crippen molar-refractivity contribution in [3.8, 4) is 5.75 Å².